The molecule has 0 aromatic heterocycles. The van der Waals surface area contributed by atoms with E-state index in [-0.39, 0.29) is 19.1 Å². The third kappa shape index (κ3) is 3.95. The molecule has 0 amide bonds. The normalized spacial score (nSPS) is 27.0. The zero-order valence-electron chi connectivity index (χ0n) is 14.2. The van der Waals surface area contributed by atoms with Gasteiger partial charge in [0.1, 0.15) is 29.0 Å². The molecule has 0 N–H and O–H groups in total. The number of esters is 1. The van der Waals surface area contributed by atoms with E-state index in [1.54, 1.807) is 0 Å². The molecule has 2 aliphatic carbocycles. The fourth-order valence-electron chi connectivity index (χ4n) is 4.02. The van der Waals surface area contributed by atoms with E-state index in [9.17, 15) is 13.6 Å². The average Bonchev–Trinajstić information content (AvgIpc) is 3.25. The molecule has 1 aromatic rings. The van der Waals surface area contributed by atoms with Gasteiger partial charge in [-0.15, -0.1) is 0 Å². The Balaban J connectivity index is 0.00000243. The summed E-state index contributed by atoms with van der Waals surface area (Å²) in [6.45, 7) is 2.02. The molecule has 1 spiro atoms. The molecule has 1 atom stereocenters. The van der Waals surface area contributed by atoms with Crippen LogP contribution in [0.2, 0.25) is 0 Å². The zero-order chi connectivity index (χ0) is 18.0. The number of nitriles is 1. The number of halogens is 2. The first-order valence-electron chi connectivity index (χ1n) is 8.71. The van der Waals surface area contributed by atoms with Gasteiger partial charge in [0.25, 0.3) is 0 Å². The Kier molecular flexibility index (Phi) is 6.17. The Morgan fingerprint density at radius 2 is 1.96 bits per heavy atom. The second-order valence-electron chi connectivity index (χ2n) is 7.14. The zero-order valence-corrected chi connectivity index (χ0v) is 14.2. The van der Waals surface area contributed by atoms with Gasteiger partial charge in [-0.25, -0.2) is 8.78 Å². The van der Waals surface area contributed by atoms with Crippen molar-refractivity contribution in [1.29, 1.82) is 5.26 Å². The van der Waals surface area contributed by atoms with Gasteiger partial charge in [0.2, 0.25) is 0 Å². The number of rotatable bonds is 4. The second-order valence-corrected chi connectivity index (χ2v) is 7.14. The Bertz CT molecular complexity index is 720. The molecule has 140 valence electrons. The highest BCUT2D eigenvalue weighted by Crippen LogP contribution is 2.63. The molecule has 0 heterocycles. The number of ether oxygens (including phenoxy) is 1. The van der Waals surface area contributed by atoms with Gasteiger partial charge >= 0.3 is 5.97 Å². The largest absolute Gasteiger partial charge is 0.426 e. The molecule has 3 nitrogen and oxygen atoms in total. The molecular formula is C21H25F2NO2. The van der Waals surface area contributed by atoms with Crippen molar-refractivity contribution in [3.05, 3.63) is 41.5 Å². The predicted molar refractivity (Wildman–Crippen MR) is 95.4 cm³/mol. The van der Waals surface area contributed by atoms with Gasteiger partial charge in [-0.2, -0.15) is 5.26 Å². The Morgan fingerprint density at radius 3 is 2.50 bits per heavy atom. The molecule has 3 rings (SSSR count). The van der Waals surface area contributed by atoms with E-state index in [0.29, 0.717) is 5.41 Å². The van der Waals surface area contributed by atoms with Crippen LogP contribution in [0.1, 0.15) is 58.4 Å². The molecule has 2 saturated carbocycles. The highest BCUT2D eigenvalue weighted by molar-refractivity contribution is 5.75. The van der Waals surface area contributed by atoms with Crippen LogP contribution in [-0.4, -0.2) is 5.97 Å². The summed E-state index contributed by atoms with van der Waals surface area (Å²) >= 11 is 0. The van der Waals surface area contributed by atoms with Crippen molar-refractivity contribution < 1.29 is 18.3 Å². The van der Waals surface area contributed by atoms with Crippen LogP contribution in [0.4, 0.5) is 8.78 Å². The molecule has 2 fully saturated rings. The summed E-state index contributed by atoms with van der Waals surface area (Å²) in [7, 11) is 0. The number of allylic oxidation sites excluding steroid dienone is 2. The van der Waals surface area contributed by atoms with Crippen molar-refractivity contribution in [2.45, 2.75) is 52.9 Å². The molecule has 0 saturated heterocycles. The van der Waals surface area contributed by atoms with Gasteiger partial charge in [-0.3, -0.25) is 4.79 Å². The predicted octanol–water partition coefficient (Wildman–Crippen LogP) is 5.54. The highest BCUT2D eigenvalue weighted by atomic mass is 19.1. The number of benzene rings is 1. The van der Waals surface area contributed by atoms with Crippen molar-refractivity contribution >= 4 is 5.97 Å². The monoisotopic (exact) mass is 361 g/mol. The van der Waals surface area contributed by atoms with E-state index >= 15 is 0 Å². The first-order valence-corrected chi connectivity index (χ1v) is 8.71. The van der Waals surface area contributed by atoms with Gasteiger partial charge in [0.05, 0.1) is 5.92 Å². The van der Waals surface area contributed by atoms with Gasteiger partial charge in [-0.1, -0.05) is 19.6 Å². The molecule has 0 aliphatic heterocycles. The molecule has 0 radical (unpaired) electrons. The number of carbonyl (C=O) groups excluding carboxylic acids is 1. The van der Waals surface area contributed by atoms with Gasteiger partial charge in [0.15, 0.2) is 0 Å². The average molecular weight is 361 g/mol. The molecule has 26 heavy (non-hydrogen) atoms. The van der Waals surface area contributed by atoms with Crippen molar-refractivity contribution in [3.63, 3.8) is 0 Å². The second kappa shape index (κ2) is 7.99. The van der Waals surface area contributed by atoms with Crippen molar-refractivity contribution in [3.8, 4) is 11.8 Å². The SMILES string of the molecule is C.C/C=C/CC1CC12CCC(C(=O)Oc1cc(F)c(C#N)c(F)c1)CC2. The minimum atomic E-state index is -1.02. The minimum Gasteiger partial charge on any atom is -0.426 e. The fourth-order valence-corrected chi connectivity index (χ4v) is 4.02. The quantitative estimate of drug-likeness (QED) is 0.402. The lowest BCUT2D eigenvalue weighted by Gasteiger charge is -2.28. The van der Waals surface area contributed by atoms with Gasteiger partial charge in [-0.05, 0) is 56.8 Å². The topological polar surface area (TPSA) is 50.1 Å². The van der Waals surface area contributed by atoms with E-state index in [1.807, 2.05) is 6.92 Å². The van der Waals surface area contributed by atoms with Crippen molar-refractivity contribution in [1.82, 2.24) is 0 Å². The maximum Gasteiger partial charge on any atom is 0.314 e. The number of hydrogen-bond donors (Lipinski definition) is 0. The molecule has 1 aromatic carbocycles. The van der Waals surface area contributed by atoms with Crippen LogP contribution < -0.4 is 4.74 Å². The first-order chi connectivity index (χ1) is 12.0. The molecule has 5 heteroatoms. The lowest BCUT2D eigenvalue weighted by molar-refractivity contribution is -0.140. The standard InChI is InChI=1S/C20H21F2NO2.CH4/c1-2-3-4-14-11-20(14)7-5-13(6-8-20)19(24)25-15-9-17(21)16(12-23)18(22)10-15;/h2-3,9-10,13-14H,4-8,11H2,1H3;1H4/b3-2+;. The van der Waals surface area contributed by atoms with Crippen LogP contribution in [0.25, 0.3) is 0 Å². The maximum absolute atomic E-state index is 13.6. The van der Waals surface area contributed by atoms with Crippen LogP contribution in [0, 0.1) is 40.2 Å². The summed E-state index contributed by atoms with van der Waals surface area (Å²) in [6.07, 6.45) is 10.1. The Labute approximate surface area is 153 Å². The summed E-state index contributed by atoms with van der Waals surface area (Å²) in [5, 5.41) is 8.66. The van der Waals surface area contributed by atoms with Crippen LogP contribution >= 0.6 is 0 Å². The summed E-state index contributed by atoms with van der Waals surface area (Å²) in [6, 6.07) is 3.22. The number of nitrogens with zero attached hydrogens (tertiary/aromatic N) is 1. The van der Waals surface area contributed by atoms with Gasteiger partial charge < -0.3 is 4.74 Å². The third-order valence-electron chi connectivity index (χ3n) is 5.68. The highest BCUT2D eigenvalue weighted by Gasteiger charge is 2.54. The van der Waals surface area contributed by atoms with Gasteiger partial charge in [0, 0.05) is 12.1 Å². The van der Waals surface area contributed by atoms with E-state index in [1.165, 1.54) is 12.5 Å². The third-order valence-corrected chi connectivity index (χ3v) is 5.68. The van der Waals surface area contributed by atoms with Crippen molar-refractivity contribution in [2.75, 3.05) is 0 Å². The first kappa shape index (κ1) is 20.1. The summed E-state index contributed by atoms with van der Waals surface area (Å²) in [5.74, 6) is -2.16. The molecule has 2 aliphatic rings. The number of carbonyl (C=O) groups is 1. The number of hydrogen-bond acceptors (Lipinski definition) is 3. The summed E-state index contributed by atoms with van der Waals surface area (Å²) < 4.78 is 32.4. The van der Waals surface area contributed by atoms with Crippen LogP contribution in [-0.2, 0) is 4.79 Å². The van der Waals surface area contributed by atoms with Crippen LogP contribution in [0.5, 0.6) is 5.75 Å². The van der Waals surface area contributed by atoms with E-state index in [0.717, 1.165) is 50.2 Å². The summed E-state index contributed by atoms with van der Waals surface area (Å²) in [4.78, 5) is 12.3. The van der Waals surface area contributed by atoms with Crippen molar-refractivity contribution in [2.24, 2.45) is 17.3 Å². The molecule has 1 unspecified atom stereocenters. The van der Waals surface area contributed by atoms with Crippen LogP contribution in [0.15, 0.2) is 24.3 Å². The summed E-state index contributed by atoms with van der Waals surface area (Å²) in [5.41, 5.74) is -0.275. The van der Waals surface area contributed by atoms with E-state index < -0.39 is 23.2 Å². The van der Waals surface area contributed by atoms with E-state index in [4.69, 9.17) is 10.00 Å². The Morgan fingerprint density at radius 1 is 1.35 bits per heavy atom. The molecule has 0 bridgehead atoms. The fraction of sp³-hybridized carbons (Fsp3) is 0.524. The molecular weight excluding hydrogens is 336 g/mol. The smallest absolute Gasteiger partial charge is 0.314 e. The van der Waals surface area contributed by atoms with E-state index in [2.05, 4.69) is 12.2 Å². The lowest BCUT2D eigenvalue weighted by atomic mass is 9.78. The van der Waals surface area contributed by atoms with Crippen LogP contribution in [0.3, 0.4) is 0 Å². The maximum atomic E-state index is 13.6. The lowest BCUT2D eigenvalue weighted by Crippen LogP contribution is -2.27. The Hall–Kier alpha value is -2.22. The minimum absolute atomic E-state index is 0.